The van der Waals surface area contributed by atoms with Crippen LogP contribution in [0.25, 0.3) is 45.6 Å². The molecule has 7 aromatic carbocycles. The van der Waals surface area contributed by atoms with E-state index in [1.807, 2.05) is 0 Å². The van der Waals surface area contributed by atoms with Gasteiger partial charge in [-0.05, 0) is 207 Å². The summed E-state index contributed by atoms with van der Waals surface area (Å²) in [5.74, 6) is 0.573. The van der Waals surface area contributed by atoms with Gasteiger partial charge in [0, 0.05) is 36.6 Å². The van der Waals surface area contributed by atoms with E-state index in [9.17, 15) is 46.8 Å². The van der Waals surface area contributed by atoms with E-state index in [4.69, 9.17) is 21.5 Å². The molecule has 32 nitrogen and oxygen atoms in total. The lowest BCUT2D eigenvalue weighted by atomic mass is 9.80. The number of nitrogens with zero attached hydrogens (tertiary/aromatic N) is 14. The highest BCUT2D eigenvalue weighted by Crippen LogP contribution is 2.30. The van der Waals surface area contributed by atoms with E-state index in [1.54, 1.807) is 64.6 Å². The normalized spacial score (nSPS) is 11.4. The molecule has 0 amide bonds. The summed E-state index contributed by atoms with van der Waals surface area (Å²) in [6.45, 7) is 0. The molecule has 0 unspecified atom stereocenters. The van der Waals surface area contributed by atoms with Gasteiger partial charge >= 0.3 is 18.8 Å². The molecule has 0 fully saturated rings. The zero-order valence-corrected chi connectivity index (χ0v) is 55.5. The Morgan fingerprint density at radius 1 is 0.469 bits per heavy atom. The van der Waals surface area contributed by atoms with Crippen molar-refractivity contribution < 1.29 is 66.5 Å². The fraction of sp³-hybridized carbons (Fsp3) is 0.179. The molecule has 0 atom stereocenters. The van der Waals surface area contributed by atoms with Crippen LogP contribution in [0.3, 0.4) is 0 Å². The van der Waals surface area contributed by atoms with Gasteiger partial charge in [0.25, 0.3) is 0 Å². The van der Waals surface area contributed by atoms with E-state index < -0.39 is 47.2 Å². The molecular weight excluding hydrogens is 1340 g/mol. The number of rotatable bonds is 17. The first kappa shape index (κ1) is 73.2. The summed E-state index contributed by atoms with van der Waals surface area (Å²) < 4.78 is 146. The first-order valence-corrected chi connectivity index (χ1v) is 33.8. The SMILES string of the molecule is CNS(=O)(=O)c1ccc(Cc2ccc(F)cc2)c(-c2n[nH][n+](C)n2)c1.CNS(=O)(=O)c1ccc(Cc2ccc(F)cc2)c(-c2nnnn2C)c1.CNS(=O)(=O)c1ccc(N)c(-c2n[nH][n+](C)n2)c1.CNS(=O)(=O)c1ccc(N)c(-c2nnnn2C)c1.OB(O)c1ccc(F)cc1. The smallest absolute Gasteiger partial charge is 0.423 e. The van der Waals surface area contributed by atoms with Crippen molar-refractivity contribution in [3.8, 4) is 45.6 Å². The van der Waals surface area contributed by atoms with Crippen molar-refractivity contribution in [1.29, 1.82) is 0 Å². The number of tetrazole rings is 4. The monoisotopic (exact) mass is 1400 g/mol. The summed E-state index contributed by atoms with van der Waals surface area (Å²) in [6.07, 6.45) is 0.982. The van der Waals surface area contributed by atoms with Gasteiger partial charge in [-0.15, -0.1) is 10.2 Å². The van der Waals surface area contributed by atoms with Crippen LogP contribution < -0.4 is 45.4 Å². The summed E-state index contributed by atoms with van der Waals surface area (Å²) in [5, 5.41) is 61.1. The van der Waals surface area contributed by atoms with Crippen molar-refractivity contribution in [3.05, 3.63) is 185 Å². The third kappa shape index (κ3) is 19.0. The first-order chi connectivity index (χ1) is 45.4. The predicted octanol–water partition coefficient (Wildman–Crippen LogP) is 0.109. The van der Waals surface area contributed by atoms with Crippen molar-refractivity contribution >= 4 is 64.0 Å². The van der Waals surface area contributed by atoms with E-state index >= 15 is 0 Å². The Kier molecular flexibility index (Phi) is 24.3. The molecule has 0 saturated carbocycles. The molecule has 504 valence electrons. The Hall–Kier alpha value is -10.2. The van der Waals surface area contributed by atoms with Crippen LogP contribution in [0, 0.1) is 17.5 Å². The van der Waals surface area contributed by atoms with Gasteiger partial charge in [-0.1, -0.05) is 58.1 Å². The van der Waals surface area contributed by atoms with E-state index in [0.717, 1.165) is 22.3 Å². The van der Waals surface area contributed by atoms with Crippen molar-refractivity contribution in [2.45, 2.75) is 32.4 Å². The van der Waals surface area contributed by atoms with Crippen LogP contribution in [-0.2, 0) is 81.1 Å². The van der Waals surface area contributed by atoms with E-state index in [-0.39, 0.29) is 37.0 Å². The number of hydrogen-bond acceptors (Lipinski definition) is 22. The van der Waals surface area contributed by atoms with E-state index in [2.05, 4.69) is 80.8 Å². The summed E-state index contributed by atoms with van der Waals surface area (Å²) >= 11 is 0. The Bertz CT molecular complexity index is 4960. The summed E-state index contributed by atoms with van der Waals surface area (Å²) in [4.78, 5) is 3.29. The fourth-order valence-electron chi connectivity index (χ4n) is 8.47. The highest BCUT2D eigenvalue weighted by atomic mass is 32.2. The summed E-state index contributed by atoms with van der Waals surface area (Å²) in [7, 11) is -3.67. The number of hydrogen-bond donors (Lipinski definition) is 10. The topological polar surface area (TPSA) is 455 Å². The second kappa shape index (κ2) is 31.8. The standard InChI is InChI=1S/2C16H16FN5O2S.2C9H12N6O2S.C6H6BFO2/c1-18-25(23,24)14-8-5-12(9-11-3-6-13(17)7-4-11)15(10-14)16-19-20-21-22(16)2;1-18-25(23,24)14-8-5-12(9-11-3-6-13(17)7-4-11)15(10-14)16-19-21-22(2)20-16;1-11-18(16,17)6-3-4-8(10)7(5-6)9-12-13-14-15(9)2;1-11-18(16,17)6-3-4-8(10)7(5-6)9-12-14-15(2)13-9;8-6-3-1-5(2-4-6)7(9)10/h2*3-8,10,18H,9H2,1-2H3;3-5,11H,10H2,1-2H3;3-5,11H,1-2H3,(H2,10,13);1-4,9-10H/p+2. The van der Waals surface area contributed by atoms with Crippen LogP contribution in [0.1, 0.15) is 22.3 Å². The van der Waals surface area contributed by atoms with Crippen LogP contribution in [0.2, 0.25) is 0 Å². The van der Waals surface area contributed by atoms with Crippen LogP contribution in [0.15, 0.2) is 165 Å². The Morgan fingerprint density at radius 2 is 0.792 bits per heavy atom. The summed E-state index contributed by atoms with van der Waals surface area (Å²) in [5.41, 5.74) is 18.3. The zero-order valence-electron chi connectivity index (χ0n) is 52.2. The molecule has 96 heavy (non-hydrogen) atoms. The Morgan fingerprint density at radius 3 is 1.15 bits per heavy atom. The molecule has 0 radical (unpaired) electrons. The maximum absolute atomic E-state index is 13.1. The molecule has 0 spiro atoms. The average molecular weight is 1400 g/mol. The highest BCUT2D eigenvalue weighted by Gasteiger charge is 2.24. The lowest BCUT2D eigenvalue weighted by Crippen LogP contribution is -2.33. The minimum atomic E-state index is -3.60. The molecule has 0 aliphatic rings. The number of H-pyrrole nitrogens is 2. The number of nitrogens with one attached hydrogen (secondary N) is 6. The number of nitrogen functional groups attached to an aromatic ring is 2. The van der Waals surface area contributed by atoms with Gasteiger partial charge in [0.15, 0.2) is 11.6 Å². The Labute approximate surface area is 549 Å². The lowest BCUT2D eigenvalue weighted by molar-refractivity contribution is -0.783. The van der Waals surface area contributed by atoms with Crippen LogP contribution in [0.5, 0.6) is 0 Å². The molecule has 0 aliphatic heterocycles. The third-order valence-corrected chi connectivity index (χ3v) is 19.3. The van der Waals surface area contributed by atoms with Crippen molar-refractivity contribution in [3.63, 3.8) is 0 Å². The minimum Gasteiger partial charge on any atom is -0.423 e. The number of benzene rings is 7. The second-order valence-corrected chi connectivity index (χ2v) is 27.6. The second-order valence-electron chi connectivity index (χ2n) is 20.1. The molecule has 0 saturated heterocycles. The number of aromatic nitrogens is 16. The largest absolute Gasteiger partial charge is 0.488 e. The van der Waals surface area contributed by atoms with Gasteiger partial charge in [0.2, 0.25) is 40.1 Å². The Balaban J connectivity index is 0.000000174. The highest BCUT2D eigenvalue weighted by molar-refractivity contribution is 7.90. The molecule has 12 N–H and O–H groups in total. The lowest BCUT2D eigenvalue weighted by Gasteiger charge is -2.11. The molecule has 11 rings (SSSR count). The molecule has 0 aliphatic carbocycles. The predicted molar refractivity (Wildman–Crippen MR) is 343 cm³/mol. The number of anilines is 2. The number of aryl methyl sites for hydroxylation is 4. The van der Waals surface area contributed by atoms with E-state index in [1.165, 1.54) is 156 Å². The van der Waals surface area contributed by atoms with Gasteiger partial charge in [0.05, 0.1) is 40.9 Å². The number of nitrogens with two attached hydrogens (primary N) is 2. The van der Waals surface area contributed by atoms with Crippen LogP contribution in [0.4, 0.5) is 24.5 Å². The maximum Gasteiger partial charge on any atom is 0.488 e. The van der Waals surface area contributed by atoms with Crippen molar-refractivity contribution in [1.82, 2.24) is 90.1 Å². The molecule has 4 heterocycles. The third-order valence-electron chi connectivity index (χ3n) is 13.6. The van der Waals surface area contributed by atoms with Crippen molar-refractivity contribution in [2.75, 3.05) is 39.7 Å². The zero-order chi connectivity index (χ0) is 70.3. The number of aromatic amines is 2. The molecular formula is C56H64BF3N22O10S4+2. The minimum absolute atomic E-state index is 0.109. The molecule has 40 heteroatoms. The van der Waals surface area contributed by atoms with Crippen molar-refractivity contribution in [2.24, 2.45) is 28.2 Å². The quantitative estimate of drug-likeness (QED) is 0.0328. The van der Waals surface area contributed by atoms with Gasteiger partial charge in [-0.2, -0.15) is 0 Å². The fourth-order valence-corrected chi connectivity index (χ4v) is 11.5. The van der Waals surface area contributed by atoms with Crippen LogP contribution >= 0.6 is 0 Å². The number of sulfonamides is 4. The van der Waals surface area contributed by atoms with E-state index in [0.29, 0.717) is 75.2 Å². The average Bonchev–Trinajstić information content (AvgIpc) is 1.41. The van der Waals surface area contributed by atoms with Crippen LogP contribution in [-0.4, -0.2) is 150 Å². The molecule has 11 aromatic rings. The van der Waals surface area contributed by atoms with Gasteiger partial charge < -0.3 is 21.5 Å². The molecule has 0 bridgehead atoms. The first-order valence-electron chi connectivity index (χ1n) is 27.8. The molecule has 4 aromatic heterocycles. The summed E-state index contributed by atoms with van der Waals surface area (Å²) in [6, 6.07) is 35.6. The van der Waals surface area contributed by atoms with Gasteiger partial charge in [-0.3, -0.25) is 0 Å². The van der Waals surface area contributed by atoms with Gasteiger partial charge in [-0.25, -0.2) is 75.1 Å². The van der Waals surface area contributed by atoms with Gasteiger partial charge in [0.1, 0.15) is 31.5 Å². The number of halogens is 3. The maximum atomic E-state index is 13.1.